The lowest BCUT2D eigenvalue weighted by atomic mass is 10.1. The number of nitrogens with zero attached hydrogens (tertiary/aromatic N) is 2. The van der Waals surface area contributed by atoms with Crippen molar-refractivity contribution in [2.75, 3.05) is 11.9 Å². The number of aromatic nitrogens is 2. The molecule has 0 aromatic carbocycles. The third kappa shape index (κ3) is 3.19. The highest BCUT2D eigenvalue weighted by atomic mass is 15.0. The summed E-state index contributed by atoms with van der Waals surface area (Å²) in [6.45, 7) is 7.17. The third-order valence-corrected chi connectivity index (χ3v) is 3.65. The van der Waals surface area contributed by atoms with Crippen molar-refractivity contribution < 1.29 is 0 Å². The summed E-state index contributed by atoms with van der Waals surface area (Å²) in [5.41, 5.74) is 7.10. The van der Waals surface area contributed by atoms with Gasteiger partial charge in [0, 0.05) is 30.3 Å². The molecule has 2 rings (SSSR count). The average molecular weight is 248 g/mol. The minimum Gasteiger partial charge on any atom is -0.370 e. The van der Waals surface area contributed by atoms with Crippen LogP contribution < -0.4 is 11.1 Å². The molecule has 0 spiro atoms. The van der Waals surface area contributed by atoms with Gasteiger partial charge in [-0.15, -0.1) is 0 Å². The smallest absolute Gasteiger partial charge is 0.133 e. The van der Waals surface area contributed by atoms with Crippen LogP contribution in [0.3, 0.4) is 0 Å². The lowest BCUT2D eigenvalue weighted by Crippen LogP contribution is -2.29. The van der Waals surface area contributed by atoms with E-state index in [0.29, 0.717) is 17.9 Å². The average Bonchev–Trinajstić information content (AvgIpc) is 2.71. The van der Waals surface area contributed by atoms with Crippen molar-refractivity contribution >= 4 is 5.82 Å². The normalized spacial score (nSPS) is 23.6. The maximum Gasteiger partial charge on any atom is 0.133 e. The highest BCUT2D eigenvalue weighted by Gasteiger charge is 2.23. The third-order valence-electron chi connectivity index (χ3n) is 3.65. The van der Waals surface area contributed by atoms with Gasteiger partial charge in [-0.3, -0.25) is 0 Å². The van der Waals surface area contributed by atoms with Crippen LogP contribution in [0.25, 0.3) is 0 Å². The Labute approximate surface area is 109 Å². The van der Waals surface area contributed by atoms with Gasteiger partial charge >= 0.3 is 0 Å². The van der Waals surface area contributed by atoms with Crippen LogP contribution in [0, 0.1) is 12.8 Å². The van der Waals surface area contributed by atoms with Crippen LogP contribution in [0.2, 0.25) is 0 Å². The Kier molecular flexibility index (Phi) is 4.17. The Morgan fingerprint density at radius 2 is 2.17 bits per heavy atom. The molecule has 0 amide bonds. The van der Waals surface area contributed by atoms with Crippen LogP contribution in [-0.2, 0) is 0 Å². The predicted octanol–water partition coefficient (Wildman–Crippen LogP) is 2.45. The highest BCUT2D eigenvalue weighted by Crippen LogP contribution is 2.24. The predicted molar refractivity (Wildman–Crippen MR) is 74.7 cm³/mol. The summed E-state index contributed by atoms with van der Waals surface area (Å²) in [7, 11) is 0. The molecule has 1 aromatic heterocycles. The molecule has 0 bridgehead atoms. The molecule has 18 heavy (non-hydrogen) atoms. The fourth-order valence-electron chi connectivity index (χ4n) is 2.49. The zero-order chi connectivity index (χ0) is 13.1. The van der Waals surface area contributed by atoms with Crippen LogP contribution in [0.4, 0.5) is 5.82 Å². The molecule has 1 fully saturated rings. The number of anilines is 1. The van der Waals surface area contributed by atoms with Crippen LogP contribution in [0.15, 0.2) is 6.07 Å². The molecule has 100 valence electrons. The Morgan fingerprint density at radius 3 is 2.78 bits per heavy atom. The monoisotopic (exact) mass is 248 g/mol. The molecule has 0 radical (unpaired) electrons. The minimum absolute atomic E-state index is 0.352. The van der Waals surface area contributed by atoms with Gasteiger partial charge in [-0.1, -0.05) is 20.3 Å². The van der Waals surface area contributed by atoms with Crippen molar-refractivity contribution in [2.45, 2.75) is 52.0 Å². The second-order valence-electron chi connectivity index (χ2n) is 5.64. The fraction of sp³-hybridized carbons (Fsp3) is 0.714. The first kappa shape index (κ1) is 13.3. The summed E-state index contributed by atoms with van der Waals surface area (Å²) in [6, 6.07) is 2.36. The minimum atomic E-state index is 0.352. The highest BCUT2D eigenvalue weighted by molar-refractivity contribution is 5.36. The summed E-state index contributed by atoms with van der Waals surface area (Å²) in [4.78, 5) is 9.01. The van der Waals surface area contributed by atoms with Gasteiger partial charge in [0.2, 0.25) is 0 Å². The molecular weight excluding hydrogens is 224 g/mol. The van der Waals surface area contributed by atoms with Crippen molar-refractivity contribution in [3.8, 4) is 0 Å². The van der Waals surface area contributed by atoms with Crippen LogP contribution in [-0.4, -0.2) is 22.6 Å². The van der Waals surface area contributed by atoms with E-state index in [2.05, 4.69) is 29.1 Å². The number of nitrogens with one attached hydrogen (secondary N) is 1. The van der Waals surface area contributed by atoms with E-state index < -0.39 is 0 Å². The van der Waals surface area contributed by atoms with E-state index in [4.69, 9.17) is 5.73 Å². The molecule has 4 nitrogen and oxygen atoms in total. The molecule has 4 heteroatoms. The van der Waals surface area contributed by atoms with Crippen molar-refractivity contribution in [1.82, 2.24) is 9.97 Å². The van der Waals surface area contributed by atoms with E-state index >= 15 is 0 Å². The largest absolute Gasteiger partial charge is 0.370 e. The van der Waals surface area contributed by atoms with Gasteiger partial charge in [-0.05, 0) is 25.7 Å². The Bertz CT molecular complexity index is 403. The zero-order valence-electron chi connectivity index (χ0n) is 11.6. The number of nitrogens with two attached hydrogens (primary N) is 1. The maximum atomic E-state index is 6.08. The van der Waals surface area contributed by atoms with E-state index in [1.165, 1.54) is 12.8 Å². The van der Waals surface area contributed by atoms with Gasteiger partial charge in [0.25, 0.3) is 0 Å². The standard InChI is InChI=1S/C14H24N4/c1-9(2)14-17-10(3)7-13(18-14)16-8-11-5-4-6-12(11)15/h7,9,11-12H,4-6,8,15H2,1-3H3,(H,16,17,18). The molecule has 1 aromatic rings. The van der Waals surface area contributed by atoms with Crippen molar-refractivity contribution in [2.24, 2.45) is 11.7 Å². The second kappa shape index (κ2) is 5.65. The first-order valence-electron chi connectivity index (χ1n) is 6.91. The SMILES string of the molecule is Cc1cc(NCC2CCCC2N)nc(C(C)C)n1. The van der Waals surface area contributed by atoms with E-state index in [-0.39, 0.29) is 0 Å². The molecule has 0 aliphatic heterocycles. The van der Waals surface area contributed by atoms with Crippen LogP contribution in [0.5, 0.6) is 0 Å². The first-order chi connectivity index (χ1) is 8.56. The van der Waals surface area contributed by atoms with Gasteiger partial charge in [-0.2, -0.15) is 0 Å². The van der Waals surface area contributed by atoms with Gasteiger partial charge in [0.05, 0.1) is 0 Å². The van der Waals surface area contributed by atoms with Crippen molar-refractivity contribution in [1.29, 1.82) is 0 Å². The van der Waals surface area contributed by atoms with Crippen molar-refractivity contribution in [3.05, 3.63) is 17.6 Å². The first-order valence-corrected chi connectivity index (χ1v) is 6.91. The molecular formula is C14H24N4. The molecule has 1 aliphatic rings. The molecule has 2 atom stereocenters. The van der Waals surface area contributed by atoms with Crippen molar-refractivity contribution in [3.63, 3.8) is 0 Å². The molecule has 0 saturated heterocycles. The van der Waals surface area contributed by atoms with Gasteiger partial charge in [0.1, 0.15) is 11.6 Å². The number of hydrogen-bond acceptors (Lipinski definition) is 4. The summed E-state index contributed by atoms with van der Waals surface area (Å²) in [5.74, 6) is 2.79. The summed E-state index contributed by atoms with van der Waals surface area (Å²) in [5, 5.41) is 3.42. The molecule has 1 aliphatic carbocycles. The Balaban J connectivity index is 2.00. The molecule has 3 N–H and O–H groups in total. The lowest BCUT2D eigenvalue weighted by molar-refractivity contribution is 0.504. The van der Waals surface area contributed by atoms with E-state index in [1.54, 1.807) is 0 Å². The number of rotatable bonds is 4. The Morgan fingerprint density at radius 1 is 1.39 bits per heavy atom. The van der Waals surface area contributed by atoms with Gasteiger partial charge < -0.3 is 11.1 Å². The molecule has 1 saturated carbocycles. The number of aryl methyl sites for hydroxylation is 1. The maximum absolute atomic E-state index is 6.08. The van der Waals surface area contributed by atoms with E-state index in [1.807, 2.05) is 13.0 Å². The summed E-state index contributed by atoms with van der Waals surface area (Å²) in [6.07, 6.45) is 3.65. The number of hydrogen-bond donors (Lipinski definition) is 2. The molecule has 1 heterocycles. The summed E-state index contributed by atoms with van der Waals surface area (Å²) < 4.78 is 0. The fourth-order valence-corrected chi connectivity index (χ4v) is 2.49. The summed E-state index contributed by atoms with van der Waals surface area (Å²) >= 11 is 0. The van der Waals surface area contributed by atoms with Crippen LogP contribution in [0.1, 0.15) is 50.5 Å². The second-order valence-corrected chi connectivity index (χ2v) is 5.64. The van der Waals surface area contributed by atoms with E-state index in [9.17, 15) is 0 Å². The van der Waals surface area contributed by atoms with Gasteiger partial charge in [0.15, 0.2) is 0 Å². The zero-order valence-corrected chi connectivity index (χ0v) is 11.6. The Hall–Kier alpha value is -1.16. The van der Waals surface area contributed by atoms with Crippen LogP contribution >= 0.6 is 0 Å². The quantitative estimate of drug-likeness (QED) is 0.859. The lowest BCUT2D eigenvalue weighted by Gasteiger charge is -2.17. The van der Waals surface area contributed by atoms with Gasteiger partial charge in [-0.25, -0.2) is 9.97 Å². The molecule has 2 unspecified atom stereocenters. The topological polar surface area (TPSA) is 63.8 Å². The van der Waals surface area contributed by atoms with E-state index in [0.717, 1.165) is 30.3 Å².